The minimum atomic E-state index is -0.511. The fraction of sp³-hybridized carbons (Fsp3) is 1.00. The molecular weight excluding hydrogens is 129 g/mol. The third-order valence-electron chi connectivity index (χ3n) is 2.63. The van der Waals surface area contributed by atoms with Crippen LogP contribution in [0.5, 0.6) is 0 Å². The second kappa shape index (κ2) is 2.50. The molecule has 0 aromatic rings. The average Bonchev–Trinajstić information content (AvgIpc) is 2.59. The van der Waals surface area contributed by atoms with Gasteiger partial charge in [0.2, 0.25) is 0 Å². The summed E-state index contributed by atoms with van der Waals surface area (Å²) in [4.78, 5) is 0. The van der Waals surface area contributed by atoms with Crippen molar-refractivity contribution >= 4 is 0 Å². The van der Waals surface area contributed by atoms with Crippen molar-refractivity contribution in [1.29, 1.82) is 0 Å². The predicted molar refractivity (Wildman–Crippen MR) is 38.7 cm³/mol. The van der Waals surface area contributed by atoms with Gasteiger partial charge in [-0.05, 0) is 32.1 Å². The molecule has 58 valence electrons. The number of hydrogen-bond donors (Lipinski definition) is 1. The normalized spacial score (nSPS) is 47.1. The van der Waals surface area contributed by atoms with Gasteiger partial charge in [0.15, 0.2) is 0 Å². The van der Waals surface area contributed by atoms with Crippen LogP contribution in [0.4, 0.5) is 4.39 Å². The van der Waals surface area contributed by atoms with Crippen LogP contribution in [0, 0.1) is 0 Å². The van der Waals surface area contributed by atoms with Crippen LogP contribution in [0.2, 0.25) is 0 Å². The van der Waals surface area contributed by atoms with Crippen molar-refractivity contribution in [2.75, 3.05) is 0 Å². The second-order valence-corrected chi connectivity index (χ2v) is 3.49. The van der Waals surface area contributed by atoms with Crippen molar-refractivity contribution in [3.63, 3.8) is 0 Å². The lowest BCUT2D eigenvalue weighted by molar-refractivity contribution is 0.275. The van der Waals surface area contributed by atoms with Crippen LogP contribution in [0.25, 0.3) is 0 Å². The first-order chi connectivity index (χ1) is 4.86. The lowest BCUT2D eigenvalue weighted by Gasteiger charge is -2.09. The van der Waals surface area contributed by atoms with Crippen molar-refractivity contribution < 1.29 is 4.39 Å². The van der Waals surface area contributed by atoms with Gasteiger partial charge in [-0.1, -0.05) is 0 Å². The molecular formula is C8H14FN. The van der Waals surface area contributed by atoms with Gasteiger partial charge in [-0.2, -0.15) is 0 Å². The van der Waals surface area contributed by atoms with E-state index in [9.17, 15) is 4.39 Å². The Morgan fingerprint density at radius 1 is 1.00 bits per heavy atom. The quantitative estimate of drug-likeness (QED) is 0.511. The fourth-order valence-electron chi connectivity index (χ4n) is 1.85. The van der Waals surface area contributed by atoms with Gasteiger partial charge in [0.05, 0.1) is 0 Å². The van der Waals surface area contributed by atoms with Crippen molar-refractivity contribution in [3.05, 3.63) is 0 Å². The minimum absolute atomic E-state index is 0.511. The summed E-state index contributed by atoms with van der Waals surface area (Å²) in [5.74, 6) is 0. The Morgan fingerprint density at radius 3 is 2.70 bits per heavy atom. The molecule has 2 rings (SSSR count). The number of halogens is 1. The van der Waals surface area contributed by atoms with Gasteiger partial charge in [-0.3, -0.25) is 0 Å². The van der Waals surface area contributed by atoms with Crippen LogP contribution in [0.3, 0.4) is 0 Å². The van der Waals surface area contributed by atoms with E-state index in [1.807, 2.05) is 0 Å². The molecule has 3 atom stereocenters. The Morgan fingerprint density at radius 2 is 1.80 bits per heavy atom. The molecule has 0 bridgehead atoms. The van der Waals surface area contributed by atoms with Gasteiger partial charge >= 0.3 is 0 Å². The van der Waals surface area contributed by atoms with Crippen LogP contribution >= 0.6 is 0 Å². The Hall–Kier alpha value is -0.110. The fourth-order valence-corrected chi connectivity index (χ4v) is 1.85. The molecule has 0 aromatic carbocycles. The summed E-state index contributed by atoms with van der Waals surface area (Å²) in [7, 11) is 0. The molecule has 0 unspecified atom stereocenters. The highest BCUT2D eigenvalue weighted by atomic mass is 19.1. The first-order valence-electron chi connectivity index (χ1n) is 4.26. The molecule has 2 aliphatic rings. The zero-order valence-corrected chi connectivity index (χ0v) is 6.15. The highest BCUT2D eigenvalue weighted by molar-refractivity contribution is 4.98. The molecule has 2 fully saturated rings. The van der Waals surface area contributed by atoms with E-state index in [0.717, 1.165) is 31.7 Å². The van der Waals surface area contributed by atoms with Gasteiger partial charge in [-0.25, -0.2) is 4.39 Å². The highest BCUT2D eigenvalue weighted by Gasteiger charge is 2.36. The van der Waals surface area contributed by atoms with Crippen LogP contribution in [-0.2, 0) is 0 Å². The predicted octanol–water partition coefficient (Wildman–Crippen LogP) is 1.63. The molecule has 1 saturated carbocycles. The zero-order valence-electron chi connectivity index (χ0n) is 6.15. The molecule has 10 heavy (non-hydrogen) atoms. The molecule has 1 heterocycles. The minimum Gasteiger partial charge on any atom is -0.308 e. The summed E-state index contributed by atoms with van der Waals surface area (Å²) in [6, 6.07) is 1.44. The van der Waals surface area contributed by atoms with Gasteiger partial charge in [-0.15, -0.1) is 0 Å². The molecule has 1 aliphatic carbocycles. The van der Waals surface area contributed by atoms with E-state index >= 15 is 0 Å². The summed E-state index contributed by atoms with van der Waals surface area (Å²) in [6.07, 6.45) is 4.41. The Balaban J connectivity index is 1.83. The molecule has 0 radical (unpaired) electrons. The molecule has 0 amide bonds. The van der Waals surface area contributed by atoms with E-state index < -0.39 is 6.17 Å². The molecule has 2 heteroatoms. The SMILES string of the molecule is F[C@@H]1CCC[C@@H]2N[C@@H]2CC1. The van der Waals surface area contributed by atoms with Crippen LogP contribution in [0.1, 0.15) is 32.1 Å². The van der Waals surface area contributed by atoms with E-state index in [0.29, 0.717) is 6.04 Å². The average molecular weight is 143 g/mol. The molecule has 0 spiro atoms. The van der Waals surface area contributed by atoms with Crippen molar-refractivity contribution in [2.45, 2.75) is 50.4 Å². The van der Waals surface area contributed by atoms with E-state index in [2.05, 4.69) is 5.32 Å². The maximum atomic E-state index is 12.8. The Bertz CT molecular complexity index is 124. The Kier molecular flexibility index (Phi) is 1.65. The third kappa shape index (κ3) is 1.31. The third-order valence-corrected chi connectivity index (χ3v) is 2.63. The first kappa shape index (κ1) is 6.59. The number of hydrogen-bond acceptors (Lipinski definition) is 1. The Labute approximate surface area is 61.0 Å². The van der Waals surface area contributed by atoms with Gasteiger partial charge in [0, 0.05) is 12.1 Å². The largest absolute Gasteiger partial charge is 0.308 e. The van der Waals surface area contributed by atoms with Gasteiger partial charge < -0.3 is 5.32 Å². The number of fused-ring (bicyclic) bond motifs is 1. The molecule has 1 nitrogen and oxygen atoms in total. The molecule has 1 N–H and O–H groups in total. The molecule has 1 aliphatic heterocycles. The van der Waals surface area contributed by atoms with E-state index in [4.69, 9.17) is 0 Å². The van der Waals surface area contributed by atoms with Gasteiger partial charge in [0.25, 0.3) is 0 Å². The second-order valence-electron chi connectivity index (χ2n) is 3.49. The lowest BCUT2D eigenvalue weighted by Crippen LogP contribution is -2.07. The van der Waals surface area contributed by atoms with Crippen molar-refractivity contribution in [3.8, 4) is 0 Å². The summed E-state index contributed by atoms with van der Waals surface area (Å²) in [5.41, 5.74) is 0. The van der Waals surface area contributed by atoms with Crippen LogP contribution in [-0.4, -0.2) is 18.3 Å². The van der Waals surface area contributed by atoms with Gasteiger partial charge in [0.1, 0.15) is 6.17 Å². The summed E-state index contributed by atoms with van der Waals surface area (Å²) in [6.45, 7) is 0. The van der Waals surface area contributed by atoms with Crippen LogP contribution < -0.4 is 5.32 Å². The monoisotopic (exact) mass is 143 g/mol. The summed E-state index contributed by atoms with van der Waals surface area (Å²) < 4.78 is 12.8. The molecule has 0 aromatic heterocycles. The topological polar surface area (TPSA) is 21.9 Å². The maximum Gasteiger partial charge on any atom is 0.100 e. The molecule has 1 saturated heterocycles. The number of nitrogens with one attached hydrogen (secondary N) is 1. The van der Waals surface area contributed by atoms with E-state index in [1.165, 1.54) is 6.42 Å². The highest BCUT2D eigenvalue weighted by Crippen LogP contribution is 2.27. The van der Waals surface area contributed by atoms with E-state index in [1.54, 1.807) is 0 Å². The summed E-state index contributed by atoms with van der Waals surface area (Å²) in [5, 5.41) is 3.36. The summed E-state index contributed by atoms with van der Waals surface area (Å²) >= 11 is 0. The number of rotatable bonds is 0. The zero-order chi connectivity index (χ0) is 6.97. The van der Waals surface area contributed by atoms with Crippen molar-refractivity contribution in [2.24, 2.45) is 0 Å². The first-order valence-corrected chi connectivity index (χ1v) is 4.26. The maximum absolute atomic E-state index is 12.8. The number of alkyl halides is 1. The standard InChI is InChI=1S/C8H14FN/c9-6-2-1-3-7-8(10-7)5-4-6/h6-8,10H,1-5H2/t6-,7+,8-/m1/s1. The van der Waals surface area contributed by atoms with E-state index in [-0.39, 0.29) is 0 Å². The van der Waals surface area contributed by atoms with Crippen molar-refractivity contribution in [1.82, 2.24) is 5.32 Å². The van der Waals surface area contributed by atoms with Crippen LogP contribution in [0.15, 0.2) is 0 Å². The lowest BCUT2D eigenvalue weighted by atomic mass is 10.00. The smallest absolute Gasteiger partial charge is 0.100 e.